The lowest BCUT2D eigenvalue weighted by molar-refractivity contribution is -0.110. The zero-order valence-corrected chi connectivity index (χ0v) is 22.6. The van der Waals surface area contributed by atoms with Crippen LogP contribution < -0.4 is 21.0 Å². The van der Waals surface area contributed by atoms with Crippen LogP contribution in [0.3, 0.4) is 0 Å². The van der Waals surface area contributed by atoms with E-state index < -0.39 is 29.5 Å². The van der Waals surface area contributed by atoms with Crippen molar-refractivity contribution in [2.45, 2.75) is 52.4 Å². The van der Waals surface area contributed by atoms with E-state index in [1.807, 2.05) is 16.9 Å². The lowest BCUT2D eigenvalue weighted by Gasteiger charge is -2.27. The molecule has 39 heavy (non-hydrogen) atoms. The van der Waals surface area contributed by atoms with Crippen LogP contribution in [0.2, 0.25) is 0 Å². The van der Waals surface area contributed by atoms with E-state index in [4.69, 9.17) is 10.8 Å². The number of rotatable bonds is 4. The van der Waals surface area contributed by atoms with E-state index in [0.29, 0.717) is 18.8 Å². The fourth-order valence-corrected chi connectivity index (χ4v) is 4.86. The number of nitrogens with two attached hydrogens (primary N) is 1. The molecule has 206 valence electrons. The Balaban J connectivity index is 1.54. The van der Waals surface area contributed by atoms with Gasteiger partial charge in [-0.3, -0.25) is 9.48 Å². The number of anilines is 3. The highest BCUT2D eigenvalue weighted by atomic mass is 19.1. The molecule has 0 bridgehead atoms. The second-order valence-electron chi connectivity index (χ2n) is 11.7. The maximum atomic E-state index is 14.4. The Morgan fingerprint density at radius 3 is 2.46 bits per heavy atom. The molecular weight excluding hydrogens is 504 g/mol. The molecule has 2 aromatic carbocycles. The van der Waals surface area contributed by atoms with E-state index in [-0.39, 0.29) is 22.7 Å². The van der Waals surface area contributed by atoms with Gasteiger partial charge in [-0.1, -0.05) is 19.9 Å². The summed E-state index contributed by atoms with van der Waals surface area (Å²) < 4.78 is 30.7. The van der Waals surface area contributed by atoms with E-state index in [0.717, 1.165) is 33.7 Å². The Morgan fingerprint density at radius 1 is 1.15 bits per heavy atom. The van der Waals surface area contributed by atoms with Gasteiger partial charge in [0, 0.05) is 30.7 Å². The van der Waals surface area contributed by atoms with E-state index >= 15 is 0 Å². The summed E-state index contributed by atoms with van der Waals surface area (Å²) >= 11 is 0. The smallest absolute Gasteiger partial charge is 0.276 e. The molecule has 1 saturated heterocycles. The number of fused-ring (bicyclic) bond motifs is 1. The van der Waals surface area contributed by atoms with Gasteiger partial charge in [-0.2, -0.15) is 10.2 Å². The average Bonchev–Trinajstić information content (AvgIpc) is 3.40. The van der Waals surface area contributed by atoms with Crippen LogP contribution >= 0.6 is 0 Å². The number of carbonyl (C=O) groups is 1. The number of hydrazone groups is 1. The monoisotopic (exact) mass is 537 g/mol. The van der Waals surface area contributed by atoms with Gasteiger partial charge in [-0.05, 0) is 62.6 Å². The summed E-state index contributed by atoms with van der Waals surface area (Å²) in [7, 11) is 0. The lowest BCUT2D eigenvalue weighted by Crippen LogP contribution is -2.37. The minimum absolute atomic E-state index is 0.0784. The van der Waals surface area contributed by atoms with Crippen LogP contribution in [0, 0.1) is 17.0 Å². The van der Waals surface area contributed by atoms with E-state index in [9.17, 15) is 18.7 Å². The predicted molar refractivity (Wildman–Crippen MR) is 149 cm³/mol. The second kappa shape index (κ2) is 9.42. The fraction of sp³-hybridized carbons (Fsp3) is 0.393. The number of aromatic nitrogens is 2. The van der Waals surface area contributed by atoms with Gasteiger partial charge in [-0.15, -0.1) is 0 Å². The number of hydrogen-bond donors (Lipinski definition) is 3. The first-order valence-corrected chi connectivity index (χ1v) is 12.8. The molecule has 2 atom stereocenters. The van der Waals surface area contributed by atoms with Gasteiger partial charge in [0.2, 0.25) is 0 Å². The van der Waals surface area contributed by atoms with Crippen LogP contribution in [-0.2, 0) is 10.3 Å². The van der Waals surface area contributed by atoms with Crippen LogP contribution in [0.1, 0.15) is 34.6 Å². The number of aliphatic hydroxyl groups excluding tert-OH is 1. The normalized spacial score (nSPS) is 21.0. The standard InChI is InChI=1S/C28H33F2N7O2/c1-27(2,3)36-13-16-19(33-36)9-10-20(24(16)35-14-22(31)28(4,5)15-35)32-26(39)21-11-12-23(38)37(34-21)25-17(29)7-6-8-18(25)30/h6-13,22-23,38H,14-15,31H2,1-5H3,(H,32,39)/t22-,23?/m1/s1. The van der Waals surface area contributed by atoms with Crippen LogP contribution in [-0.4, -0.2) is 51.9 Å². The molecule has 0 radical (unpaired) electrons. The number of para-hydroxylation sites is 1. The highest BCUT2D eigenvalue weighted by Gasteiger charge is 2.39. The number of aliphatic hydroxyl groups is 1. The molecule has 3 aromatic rings. The minimum atomic E-state index is -1.45. The van der Waals surface area contributed by atoms with Gasteiger partial charge in [-0.25, -0.2) is 13.8 Å². The Bertz CT molecular complexity index is 1490. The molecular formula is C28H33F2N7O2. The van der Waals surface area contributed by atoms with Gasteiger partial charge >= 0.3 is 0 Å². The fourth-order valence-electron chi connectivity index (χ4n) is 4.86. The minimum Gasteiger partial charge on any atom is -0.368 e. The molecule has 1 aromatic heterocycles. The molecule has 5 rings (SSSR count). The van der Waals surface area contributed by atoms with Gasteiger partial charge in [0.1, 0.15) is 11.4 Å². The zero-order valence-electron chi connectivity index (χ0n) is 22.6. The van der Waals surface area contributed by atoms with E-state index in [1.54, 1.807) is 6.07 Å². The highest BCUT2D eigenvalue weighted by Crippen LogP contribution is 2.41. The average molecular weight is 538 g/mol. The first-order chi connectivity index (χ1) is 18.3. The highest BCUT2D eigenvalue weighted by molar-refractivity contribution is 6.47. The van der Waals surface area contributed by atoms with Crippen LogP contribution in [0.5, 0.6) is 0 Å². The molecule has 0 saturated carbocycles. The second-order valence-corrected chi connectivity index (χ2v) is 11.7. The Kier molecular flexibility index (Phi) is 6.47. The molecule has 1 unspecified atom stereocenters. The molecule has 1 fully saturated rings. The maximum absolute atomic E-state index is 14.4. The van der Waals surface area contributed by atoms with Gasteiger partial charge in [0.15, 0.2) is 17.9 Å². The Labute approximate surface area is 225 Å². The summed E-state index contributed by atoms with van der Waals surface area (Å²) in [6.07, 6.45) is 3.08. The summed E-state index contributed by atoms with van der Waals surface area (Å²) in [5.74, 6) is -2.43. The van der Waals surface area contributed by atoms with Crippen molar-refractivity contribution in [3.05, 3.63) is 60.3 Å². The molecule has 0 spiro atoms. The first kappa shape index (κ1) is 26.8. The van der Waals surface area contributed by atoms with Crippen molar-refractivity contribution in [2.24, 2.45) is 16.3 Å². The lowest BCUT2D eigenvalue weighted by atomic mass is 9.89. The summed E-state index contributed by atoms with van der Waals surface area (Å²) in [4.78, 5) is 15.6. The number of amides is 1. The summed E-state index contributed by atoms with van der Waals surface area (Å²) in [5.41, 5.74) is 7.46. The summed E-state index contributed by atoms with van der Waals surface area (Å²) in [5, 5.41) is 23.7. The molecule has 11 heteroatoms. The third-order valence-electron chi connectivity index (χ3n) is 7.22. The first-order valence-electron chi connectivity index (χ1n) is 12.8. The van der Waals surface area contributed by atoms with E-state index in [1.165, 1.54) is 18.2 Å². The molecule has 1 amide bonds. The Hall–Kier alpha value is -3.83. The zero-order chi connectivity index (χ0) is 28.3. The molecule has 2 aliphatic heterocycles. The third kappa shape index (κ3) is 4.87. The van der Waals surface area contributed by atoms with Crippen molar-refractivity contribution in [1.82, 2.24) is 9.78 Å². The largest absolute Gasteiger partial charge is 0.368 e. The van der Waals surface area contributed by atoms with Crippen LogP contribution in [0.25, 0.3) is 10.9 Å². The summed E-state index contributed by atoms with van der Waals surface area (Å²) in [6.45, 7) is 11.6. The van der Waals surface area contributed by atoms with Crippen molar-refractivity contribution < 1.29 is 18.7 Å². The maximum Gasteiger partial charge on any atom is 0.276 e. The third-order valence-corrected chi connectivity index (χ3v) is 7.22. The number of carbonyl (C=O) groups excluding carboxylic acids is 1. The quantitative estimate of drug-likeness (QED) is 0.465. The summed E-state index contributed by atoms with van der Waals surface area (Å²) in [6, 6.07) is 6.86. The number of hydrogen-bond acceptors (Lipinski definition) is 7. The van der Waals surface area contributed by atoms with Crippen molar-refractivity contribution in [3.8, 4) is 0 Å². The van der Waals surface area contributed by atoms with Gasteiger partial charge in [0.05, 0.1) is 22.4 Å². The number of halogens is 2. The van der Waals surface area contributed by atoms with Crippen molar-refractivity contribution in [2.75, 3.05) is 28.3 Å². The topological polar surface area (TPSA) is 112 Å². The molecule has 3 heterocycles. The SMILES string of the molecule is CC1(C)CN(c2c(NC(=O)C3=NN(c4c(F)cccc4F)C(O)C=C3)ccc3nn(C(C)(C)C)cc23)C[C@H]1N. The molecule has 9 nitrogen and oxygen atoms in total. The Morgan fingerprint density at radius 2 is 1.85 bits per heavy atom. The van der Waals surface area contributed by atoms with Crippen molar-refractivity contribution in [1.29, 1.82) is 0 Å². The van der Waals surface area contributed by atoms with Gasteiger partial charge < -0.3 is 21.1 Å². The number of benzene rings is 2. The number of nitrogens with zero attached hydrogens (tertiary/aromatic N) is 5. The van der Waals surface area contributed by atoms with E-state index in [2.05, 4.69) is 49.9 Å². The van der Waals surface area contributed by atoms with Gasteiger partial charge in [0.25, 0.3) is 5.91 Å². The predicted octanol–water partition coefficient (Wildman–Crippen LogP) is 3.93. The van der Waals surface area contributed by atoms with Crippen molar-refractivity contribution >= 4 is 39.6 Å². The van der Waals surface area contributed by atoms with Crippen LogP contribution in [0.15, 0.2) is 53.8 Å². The van der Waals surface area contributed by atoms with Crippen LogP contribution in [0.4, 0.5) is 25.8 Å². The number of nitrogens with one attached hydrogen (secondary N) is 1. The molecule has 0 aliphatic carbocycles. The molecule has 4 N–H and O–H groups in total. The van der Waals surface area contributed by atoms with Crippen molar-refractivity contribution in [3.63, 3.8) is 0 Å². The molecule has 2 aliphatic rings.